The van der Waals surface area contributed by atoms with E-state index in [4.69, 9.17) is 4.74 Å². The summed E-state index contributed by atoms with van der Waals surface area (Å²) in [4.78, 5) is 14.2. The van der Waals surface area contributed by atoms with Gasteiger partial charge in [0.1, 0.15) is 5.75 Å². The number of hydrogen-bond acceptors (Lipinski definition) is 4. The molecule has 0 bridgehead atoms. The van der Waals surface area contributed by atoms with Gasteiger partial charge in [-0.05, 0) is 43.2 Å². The minimum Gasteiger partial charge on any atom is -0.434 e. The van der Waals surface area contributed by atoms with Gasteiger partial charge in [0.2, 0.25) is 0 Å². The predicted octanol–water partition coefficient (Wildman–Crippen LogP) is 3.40. The number of aromatic nitrogens is 1. The largest absolute Gasteiger partial charge is 0.434 e. The molecule has 1 aromatic carbocycles. The molecule has 0 aliphatic rings. The lowest BCUT2D eigenvalue weighted by Gasteiger charge is -2.06. The van der Waals surface area contributed by atoms with Crippen molar-refractivity contribution in [2.75, 3.05) is 0 Å². The van der Waals surface area contributed by atoms with Crippen molar-refractivity contribution in [3.63, 3.8) is 0 Å². The normalized spacial score (nSPS) is 10.1. The predicted molar refractivity (Wildman–Crippen MR) is 66.9 cm³/mol. The smallest absolute Gasteiger partial charge is 0.331 e. The van der Waals surface area contributed by atoms with Crippen molar-refractivity contribution in [1.82, 2.24) is 4.98 Å². The highest BCUT2D eigenvalue weighted by molar-refractivity contribution is 5.44. The molecule has 2 rings (SSSR count). The molecule has 0 saturated heterocycles. The van der Waals surface area contributed by atoms with Crippen LogP contribution in [0.3, 0.4) is 0 Å². The average molecular weight is 244 g/mol. The summed E-state index contributed by atoms with van der Waals surface area (Å²) >= 11 is 0. The Balaban J connectivity index is 2.37. The second kappa shape index (κ2) is 4.83. The Morgan fingerprint density at radius 3 is 2.50 bits per heavy atom. The zero-order chi connectivity index (χ0) is 13.1. The van der Waals surface area contributed by atoms with Gasteiger partial charge >= 0.3 is 5.69 Å². The van der Waals surface area contributed by atoms with Crippen LogP contribution >= 0.6 is 0 Å². The third-order valence-corrected chi connectivity index (χ3v) is 2.36. The number of nitrogens with zero attached hydrogens (tertiary/aromatic N) is 2. The lowest BCUT2D eigenvalue weighted by atomic mass is 10.1. The summed E-state index contributed by atoms with van der Waals surface area (Å²) in [5.41, 5.74) is 1.92. The van der Waals surface area contributed by atoms with E-state index in [1.54, 1.807) is 0 Å². The van der Waals surface area contributed by atoms with Crippen molar-refractivity contribution in [2.24, 2.45) is 0 Å². The molecule has 0 aliphatic heterocycles. The zero-order valence-electron chi connectivity index (χ0n) is 10.1. The zero-order valence-corrected chi connectivity index (χ0v) is 10.1. The minimum absolute atomic E-state index is 0.00694. The fourth-order valence-corrected chi connectivity index (χ4v) is 1.70. The van der Waals surface area contributed by atoms with E-state index in [0.29, 0.717) is 5.75 Å². The van der Waals surface area contributed by atoms with Crippen molar-refractivity contribution >= 4 is 5.69 Å². The Morgan fingerprint density at radius 2 is 1.89 bits per heavy atom. The summed E-state index contributed by atoms with van der Waals surface area (Å²) in [6.07, 6.45) is 1.46. The first kappa shape index (κ1) is 12.0. The van der Waals surface area contributed by atoms with E-state index in [1.165, 1.54) is 18.3 Å². The van der Waals surface area contributed by atoms with E-state index in [2.05, 4.69) is 4.98 Å². The van der Waals surface area contributed by atoms with Gasteiger partial charge in [-0.1, -0.05) is 6.07 Å². The standard InChI is InChI=1S/C13H12N2O3/c1-9-6-10(2)8-11(7-9)18-13-12(15(16)17)4-3-5-14-13/h3-8H,1-2H3. The molecule has 0 amide bonds. The lowest BCUT2D eigenvalue weighted by Crippen LogP contribution is -1.95. The van der Waals surface area contributed by atoms with Gasteiger partial charge in [0, 0.05) is 12.3 Å². The molecule has 18 heavy (non-hydrogen) atoms. The van der Waals surface area contributed by atoms with Crippen LogP contribution in [-0.2, 0) is 0 Å². The third kappa shape index (κ3) is 2.63. The molecule has 0 saturated carbocycles. The Hall–Kier alpha value is -2.43. The van der Waals surface area contributed by atoms with Gasteiger partial charge in [-0.25, -0.2) is 4.98 Å². The quantitative estimate of drug-likeness (QED) is 0.613. The maximum absolute atomic E-state index is 10.8. The fourth-order valence-electron chi connectivity index (χ4n) is 1.70. The molecule has 5 heteroatoms. The van der Waals surface area contributed by atoms with Crippen molar-refractivity contribution in [3.8, 4) is 11.6 Å². The second-order valence-electron chi connectivity index (χ2n) is 4.01. The summed E-state index contributed by atoms with van der Waals surface area (Å²) in [6.45, 7) is 3.87. The van der Waals surface area contributed by atoms with Gasteiger partial charge in [-0.2, -0.15) is 0 Å². The van der Waals surface area contributed by atoms with Crippen molar-refractivity contribution in [1.29, 1.82) is 0 Å². The van der Waals surface area contributed by atoms with Crippen LogP contribution in [-0.4, -0.2) is 9.91 Å². The summed E-state index contributed by atoms with van der Waals surface area (Å²) in [5, 5.41) is 10.8. The van der Waals surface area contributed by atoms with Crippen LogP contribution < -0.4 is 4.74 Å². The average Bonchev–Trinajstić information content (AvgIpc) is 2.27. The van der Waals surface area contributed by atoms with Gasteiger partial charge in [0.05, 0.1) is 4.92 Å². The molecule has 0 atom stereocenters. The number of aryl methyl sites for hydroxylation is 2. The molecule has 0 spiro atoms. The van der Waals surface area contributed by atoms with Gasteiger partial charge in [-0.3, -0.25) is 10.1 Å². The van der Waals surface area contributed by atoms with Gasteiger partial charge < -0.3 is 4.74 Å². The Morgan fingerprint density at radius 1 is 1.22 bits per heavy atom. The van der Waals surface area contributed by atoms with E-state index < -0.39 is 4.92 Å². The van der Waals surface area contributed by atoms with Gasteiger partial charge in [0.25, 0.3) is 5.88 Å². The monoisotopic (exact) mass is 244 g/mol. The number of pyridine rings is 1. The molecule has 0 N–H and O–H groups in total. The highest BCUT2D eigenvalue weighted by Gasteiger charge is 2.16. The molecule has 5 nitrogen and oxygen atoms in total. The number of nitro groups is 1. The Bertz CT molecular complexity index is 576. The van der Waals surface area contributed by atoms with E-state index in [-0.39, 0.29) is 11.6 Å². The van der Waals surface area contributed by atoms with Crippen LogP contribution in [0.15, 0.2) is 36.5 Å². The van der Waals surface area contributed by atoms with E-state index in [0.717, 1.165) is 11.1 Å². The first-order chi connectivity index (χ1) is 8.56. The highest BCUT2D eigenvalue weighted by atomic mass is 16.6. The molecular formula is C13H12N2O3. The van der Waals surface area contributed by atoms with Gasteiger partial charge in [0.15, 0.2) is 0 Å². The second-order valence-corrected chi connectivity index (χ2v) is 4.01. The summed E-state index contributed by atoms with van der Waals surface area (Å²) < 4.78 is 5.48. The topological polar surface area (TPSA) is 65.3 Å². The number of benzene rings is 1. The molecule has 92 valence electrons. The molecule has 0 radical (unpaired) electrons. The van der Waals surface area contributed by atoms with Crippen LogP contribution in [0.2, 0.25) is 0 Å². The van der Waals surface area contributed by atoms with Crippen molar-refractivity contribution in [2.45, 2.75) is 13.8 Å². The van der Waals surface area contributed by atoms with Crippen LogP contribution in [0, 0.1) is 24.0 Å². The van der Waals surface area contributed by atoms with Gasteiger partial charge in [-0.15, -0.1) is 0 Å². The maximum atomic E-state index is 10.8. The maximum Gasteiger partial charge on any atom is 0.331 e. The third-order valence-electron chi connectivity index (χ3n) is 2.36. The molecule has 0 aliphatic carbocycles. The Kier molecular flexibility index (Phi) is 3.23. The first-order valence-electron chi connectivity index (χ1n) is 5.42. The van der Waals surface area contributed by atoms with Crippen LogP contribution in [0.5, 0.6) is 11.6 Å². The fraction of sp³-hybridized carbons (Fsp3) is 0.154. The van der Waals surface area contributed by atoms with Crippen LogP contribution in [0.1, 0.15) is 11.1 Å². The van der Waals surface area contributed by atoms with Crippen molar-refractivity contribution in [3.05, 3.63) is 57.8 Å². The molecule has 0 fully saturated rings. The number of rotatable bonds is 3. The van der Waals surface area contributed by atoms with E-state index in [1.807, 2.05) is 32.0 Å². The molecule has 1 heterocycles. The van der Waals surface area contributed by atoms with Crippen molar-refractivity contribution < 1.29 is 9.66 Å². The SMILES string of the molecule is Cc1cc(C)cc(Oc2ncccc2[N+](=O)[O-])c1. The first-order valence-corrected chi connectivity index (χ1v) is 5.42. The van der Waals surface area contributed by atoms with E-state index >= 15 is 0 Å². The van der Waals surface area contributed by atoms with Crippen LogP contribution in [0.25, 0.3) is 0 Å². The van der Waals surface area contributed by atoms with Crippen LogP contribution in [0.4, 0.5) is 5.69 Å². The van der Waals surface area contributed by atoms with E-state index in [9.17, 15) is 10.1 Å². The highest BCUT2D eigenvalue weighted by Crippen LogP contribution is 2.29. The minimum atomic E-state index is -0.509. The molecule has 0 unspecified atom stereocenters. The summed E-state index contributed by atoms with van der Waals surface area (Å²) in [5.74, 6) is 0.557. The Labute approximate surface area is 104 Å². The molecule has 2 aromatic rings. The molecule has 1 aromatic heterocycles. The number of hydrogen-bond donors (Lipinski definition) is 0. The lowest BCUT2D eigenvalue weighted by molar-refractivity contribution is -0.386. The number of ether oxygens (including phenoxy) is 1. The summed E-state index contributed by atoms with van der Waals surface area (Å²) in [6, 6.07) is 8.49. The summed E-state index contributed by atoms with van der Waals surface area (Å²) in [7, 11) is 0. The molecular weight excluding hydrogens is 232 g/mol.